The third-order valence-corrected chi connectivity index (χ3v) is 15.6. The van der Waals surface area contributed by atoms with Crippen molar-refractivity contribution in [3.63, 3.8) is 0 Å². The lowest BCUT2D eigenvalue weighted by atomic mass is 9.37. The van der Waals surface area contributed by atoms with Crippen molar-refractivity contribution >= 4 is 11.5 Å². The third-order valence-electron chi connectivity index (χ3n) is 15.6. The number of fused-ring (bicyclic) bond motifs is 9. The van der Waals surface area contributed by atoms with Gasteiger partial charge in [0.15, 0.2) is 0 Å². The van der Waals surface area contributed by atoms with Crippen molar-refractivity contribution in [2.75, 3.05) is 26.2 Å². The molecule has 1 aromatic rings. The minimum absolute atomic E-state index is 0.0764. The van der Waals surface area contributed by atoms with Gasteiger partial charge in [-0.3, -0.25) is 4.90 Å². The average Bonchev–Trinajstić information content (AvgIpc) is 3.59. The number of carboxylic acids is 1. The van der Waals surface area contributed by atoms with Crippen LogP contribution in [0.3, 0.4) is 0 Å². The summed E-state index contributed by atoms with van der Waals surface area (Å²) < 4.78 is 6.11. The van der Waals surface area contributed by atoms with Gasteiger partial charge < -0.3 is 15.2 Å². The van der Waals surface area contributed by atoms with Crippen molar-refractivity contribution in [1.29, 1.82) is 0 Å². The molecule has 2 aliphatic heterocycles. The van der Waals surface area contributed by atoms with Gasteiger partial charge in [0.25, 0.3) is 0 Å². The molecule has 0 spiro atoms. The summed E-state index contributed by atoms with van der Waals surface area (Å²) in [4.78, 5) is 14.2. The lowest BCUT2D eigenvalue weighted by Gasteiger charge is -2.68. The molecular weight excluding hydrogens is 556 g/mol. The summed E-state index contributed by atoms with van der Waals surface area (Å²) in [6.07, 6.45) is 19.8. The van der Waals surface area contributed by atoms with Gasteiger partial charge in [0.1, 0.15) is 0 Å². The average molecular weight is 615 g/mol. The number of carboxylic acid groups (broad SMARTS) is 1. The van der Waals surface area contributed by atoms with Crippen molar-refractivity contribution in [3.05, 3.63) is 41.5 Å². The largest absolute Gasteiger partial charge is 0.478 e. The normalized spacial score (nSPS) is 45.2. The molecule has 2 N–H and O–H groups in total. The highest BCUT2D eigenvalue weighted by Gasteiger charge is 2.65. The van der Waals surface area contributed by atoms with Gasteiger partial charge in [0, 0.05) is 31.7 Å². The van der Waals surface area contributed by atoms with E-state index in [-0.39, 0.29) is 5.41 Å². The number of hydrogen-bond donors (Lipinski definition) is 2. The standard InChI is InChI=1S/C40H58N2O3/c1-37(2)31(26-7-9-27(10-8-26)36(43)44)15-19-39(4)34(37)17-20-38(3)32-16-21-40(18-5-6-33(40)30(32)13-14-35(38)39)41-22-23-42-24-28-11-12-29(25-42)45-28/h7-10,15,28-30,32-35,41H,5-6,11-14,16-25H2,1-4H3,(H,43,44)/t28?,29?,30-,32?,33+,34?,35?,38-,39-,40-/m0/s1. The van der Waals surface area contributed by atoms with Gasteiger partial charge in [0.2, 0.25) is 0 Å². The fourth-order valence-electron chi connectivity index (χ4n) is 13.8. The van der Waals surface area contributed by atoms with E-state index in [0.29, 0.717) is 40.1 Å². The molecular formula is C40H58N2O3. The van der Waals surface area contributed by atoms with E-state index >= 15 is 0 Å². The Morgan fingerprint density at radius 3 is 2.36 bits per heavy atom. The molecule has 2 saturated heterocycles. The zero-order chi connectivity index (χ0) is 31.2. The van der Waals surface area contributed by atoms with Crippen LogP contribution in [0.15, 0.2) is 30.3 Å². The third kappa shape index (κ3) is 4.75. The molecule has 2 heterocycles. The molecule has 10 atom stereocenters. The van der Waals surface area contributed by atoms with Gasteiger partial charge in [-0.2, -0.15) is 0 Å². The van der Waals surface area contributed by atoms with Crippen LogP contribution < -0.4 is 5.32 Å². The van der Waals surface area contributed by atoms with Crippen LogP contribution in [0.25, 0.3) is 5.57 Å². The van der Waals surface area contributed by atoms with E-state index in [1.165, 1.54) is 88.3 Å². The number of rotatable bonds is 6. The zero-order valence-electron chi connectivity index (χ0n) is 28.5. The van der Waals surface area contributed by atoms with Gasteiger partial charge in [-0.15, -0.1) is 0 Å². The molecule has 0 aromatic heterocycles. The van der Waals surface area contributed by atoms with Crippen molar-refractivity contribution in [1.82, 2.24) is 10.2 Å². The Bertz CT molecular complexity index is 1330. The zero-order valence-corrected chi connectivity index (χ0v) is 28.5. The summed E-state index contributed by atoms with van der Waals surface area (Å²) in [6.45, 7) is 15.0. The maximum absolute atomic E-state index is 11.5. The number of carbonyl (C=O) groups is 1. The van der Waals surface area contributed by atoms with Gasteiger partial charge in [-0.1, -0.05) is 52.3 Å². The summed E-state index contributed by atoms with van der Waals surface area (Å²) in [5.41, 5.74) is 4.25. The first kappa shape index (κ1) is 30.6. The molecule has 7 aliphatic rings. The number of morpholine rings is 1. The topological polar surface area (TPSA) is 61.8 Å². The number of hydrogen-bond acceptors (Lipinski definition) is 4. The summed E-state index contributed by atoms with van der Waals surface area (Å²) in [6, 6.07) is 7.67. The van der Waals surface area contributed by atoms with Crippen LogP contribution in [0.1, 0.15) is 121 Å². The summed E-state index contributed by atoms with van der Waals surface area (Å²) in [7, 11) is 0. The molecule has 0 amide bonds. The fourth-order valence-corrected chi connectivity index (χ4v) is 13.8. The minimum atomic E-state index is -0.846. The highest BCUT2D eigenvalue weighted by Crippen LogP contribution is 2.72. The second-order valence-corrected chi connectivity index (χ2v) is 17.8. The van der Waals surface area contributed by atoms with Gasteiger partial charge in [-0.25, -0.2) is 4.79 Å². The Labute approximate surface area is 271 Å². The van der Waals surface area contributed by atoms with E-state index in [4.69, 9.17) is 4.74 Å². The number of likely N-dealkylation sites (tertiary alicyclic amines) is 1. The predicted octanol–water partition coefficient (Wildman–Crippen LogP) is 8.05. The van der Waals surface area contributed by atoms with Crippen LogP contribution in [0.2, 0.25) is 0 Å². The smallest absolute Gasteiger partial charge is 0.335 e. The van der Waals surface area contributed by atoms with Crippen LogP contribution in [0.5, 0.6) is 0 Å². The monoisotopic (exact) mass is 614 g/mol. The molecule has 8 rings (SSSR count). The van der Waals surface area contributed by atoms with Crippen LogP contribution in [-0.4, -0.2) is 59.9 Å². The predicted molar refractivity (Wildman–Crippen MR) is 180 cm³/mol. The Balaban J connectivity index is 0.989. The van der Waals surface area contributed by atoms with Crippen LogP contribution in [0.4, 0.5) is 0 Å². The highest BCUT2D eigenvalue weighted by molar-refractivity contribution is 5.88. The number of nitrogens with zero attached hydrogens (tertiary/aromatic N) is 1. The molecule has 6 fully saturated rings. The number of ether oxygens (including phenoxy) is 1. The Morgan fingerprint density at radius 1 is 0.867 bits per heavy atom. The lowest BCUT2D eigenvalue weighted by Crippen LogP contribution is -2.63. The summed E-state index contributed by atoms with van der Waals surface area (Å²) in [5.74, 6) is 3.23. The Hall–Kier alpha value is -1.69. The molecule has 2 bridgehead atoms. The molecule has 0 radical (unpaired) electrons. The van der Waals surface area contributed by atoms with Crippen molar-refractivity contribution in [3.8, 4) is 0 Å². The highest BCUT2D eigenvalue weighted by atomic mass is 16.5. The first-order valence-corrected chi connectivity index (χ1v) is 18.7. The van der Waals surface area contributed by atoms with Crippen LogP contribution in [0, 0.1) is 45.8 Å². The molecule has 4 saturated carbocycles. The second kappa shape index (κ2) is 10.9. The molecule has 246 valence electrons. The molecule has 1 aromatic carbocycles. The molecule has 5 unspecified atom stereocenters. The lowest BCUT2D eigenvalue weighted by molar-refractivity contribution is -0.172. The maximum atomic E-state index is 11.5. The van der Waals surface area contributed by atoms with E-state index in [2.05, 4.69) is 44.0 Å². The molecule has 45 heavy (non-hydrogen) atoms. The second-order valence-electron chi connectivity index (χ2n) is 17.8. The molecule has 5 heteroatoms. The van der Waals surface area contributed by atoms with Crippen molar-refractivity contribution in [2.45, 2.75) is 122 Å². The van der Waals surface area contributed by atoms with Gasteiger partial charge in [-0.05, 0) is 140 Å². The van der Waals surface area contributed by atoms with Gasteiger partial charge in [0.05, 0.1) is 17.8 Å². The summed E-state index contributed by atoms with van der Waals surface area (Å²) in [5, 5.41) is 13.7. The number of allylic oxidation sites excluding steroid dienone is 2. The quantitative estimate of drug-likeness (QED) is 0.340. The SMILES string of the molecule is CC1(C)C(c2ccc(C(=O)O)cc2)=CC[C@@]2(C)C1CC[C@@]1(C)C3CC[C@@]4(NCCN5CC6CCC(C5)O6)CCC[C@@H]4[C@H]3CCC12. The first-order valence-electron chi connectivity index (χ1n) is 18.7. The van der Waals surface area contributed by atoms with Crippen LogP contribution in [-0.2, 0) is 4.74 Å². The number of aromatic carboxylic acids is 1. The van der Waals surface area contributed by atoms with E-state index in [1.807, 2.05) is 12.1 Å². The molecule has 5 aliphatic carbocycles. The van der Waals surface area contributed by atoms with E-state index in [1.54, 1.807) is 12.1 Å². The number of nitrogens with one attached hydrogen (secondary N) is 1. The first-order chi connectivity index (χ1) is 21.5. The maximum Gasteiger partial charge on any atom is 0.335 e. The van der Waals surface area contributed by atoms with Gasteiger partial charge >= 0.3 is 5.97 Å². The van der Waals surface area contributed by atoms with E-state index < -0.39 is 5.97 Å². The van der Waals surface area contributed by atoms with Crippen LogP contribution >= 0.6 is 0 Å². The fraction of sp³-hybridized carbons (Fsp3) is 0.775. The Kier molecular flexibility index (Phi) is 7.43. The van der Waals surface area contributed by atoms with E-state index in [9.17, 15) is 9.90 Å². The minimum Gasteiger partial charge on any atom is -0.478 e. The Morgan fingerprint density at radius 2 is 1.62 bits per heavy atom. The van der Waals surface area contributed by atoms with E-state index in [0.717, 1.165) is 49.7 Å². The van der Waals surface area contributed by atoms with Crippen molar-refractivity contribution in [2.24, 2.45) is 45.8 Å². The molecule has 5 nitrogen and oxygen atoms in total. The summed E-state index contributed by atoms with van der Waals surface area (Å²) >= 11 is 0. The van der Waals surface area contributed by atoms with Crippen molar-refractivity contribution < 1.29 is 14.6 Å². The number of benzene rings is 1.